The standard InChI is InChI=1S/C18H19N3O2/c1-11(2)20-18(23)21-15-9-8-13(12-6-4-3-5-7-12)14-10-19-17(22)16(14)15/h3-9,11H,10H2,1-2H3,(H,19,22)(H2,20,21,23). The van der Waals surface area contributed by atoms with Gasteiger partial charge in [-0.05, 0) is 36.6 Å². The van der Waals surface area contributed by atoms with E-state index in [0.717, 1.165) is 16.7 Å². The van der Waals surface area contributed by atoms with Gasteiger partial charge in [-0.25, -0.2) is 4.79 Å². The molecule has 0 aromatic heterocycles. The van der Waals surface area contributed by atoms with E-state index >= 15 is 0 Å². The van der Waals surface area contributed by atoms with Crippen molar-refractivity contribution in [3.63, 3.8) is 0 Å². The Morgan fingerprint density at radius 1 is 1.13 bits per heavy atom. The molecular formula is C18H19N3O2. The molecule has 1 heterocycles. The van der Waals surface area contributed by atoms with Gasteiger partial charge in [0, 0.05) is 12.6 Å². The fourth-order valence-corrected chi connectivity index (χ4v) is 2.76. The number of amides is 3. The molecule has 118 valence electrons. The first-order chi connectivity index (χ1) is 11.1. The van der Waals surface area contributed by atoms with Crippen molar-refractivity contribution in [1.82, 2.24) is 10.6 Å². The van der Waals surface area contributed by atoms with Crippen molar-refractivity contribution in [2.75, 3.05) is 5.32 Å². The van der Waals surface area contributed by atoms with Crippen LogP contribution in [0.5, 0.6) is 0 Å². The molecule has 0 fully saturated rings. The minimum atomic E-state index is -0.311. The molecule has 0 radical (unpaired) electrons. The maximum absolute atomic E-state index is 12.2. The second-order valence-electron chi connectivity index (χ2n) is 5.82. The summed E-state index contributed by atoms with van der Waals surface area (Å²) < 4.78 is 0. The van der Waals surface area contributed by atoms with Gasteiger partial charge in [0.1, 0.15) is 0 Å². The predicted octanol–water partition coefficient (Wildman–Crippen LogP) is 3.13. The summed E-state index contributed by atoms with van der Waals surface area (Å²) in [6.07, 6.45) is 0. The third-order valence-electron chi connectivity index (χ3n) is 3.72. The van der Waals surface area contributed by atoms with E-state index in [1.807, 2.05) is 50.2 Å². The van der Waals surface area contributed by atoms with Gasteiger partial charge < -0.3 is 16.0 Å². The molecule has 3 amide bonds. The highest BCUT2D eigenvalue weighted by atomic mass is 16.2. The number of carbonyl (C=O) groups is 2. The molecule has 2 aromatic carbocycles. The molecule has 3 rings (SSSR count). The number of urea groups is 1. The first kappa shape index (κ1) is 15.1. The van der Waals surface area contributed by atoms with Gasteiger partial charge in [-0.15, -0.1) is 0 Å². The first-order valence-corrected chi connectivity index (χ1v) is 7.63. The number of rotatable bonds is 3. The molecular weight excluding hydrogens is 290 g/mol. The number of nitrogens with one attached hydrogen (secondary N) is 3. The molecule has 0 saturated carbocycles. The maximum Gasteiger partial charge on any atom is 0.319 e. The van der Waals surface area contributed by atoms with Crippen LogP contribution in [0.2, 0.25) is 0 Å². The molecule has 2 aromatic rings. The van der Waals surface area contributed by atoms with Gasteiger partial charge in [0.25, 0.3) is 5.91 Å². The van der Waals surface area contributed by atoms with Crippen LogP contribution in [0.25, 0.3) is 11.1 Å². The third kappa shape index (κ3) is 3.04. The van der Waals surface area contributed by atoms with Crippen LogP contribution in [0.15, 0.2) is 42.5 Å². The summed E-state index contributed by atoms with van der Waals surface area (Å²) >= 11 is 0. The first-order valence-electron chi connectivity index (χ1n) is 7.63. The number of anilines is 1. The summed E-state index contributed by atoms with van der Waals surface area (Å²) in [6, 6.07) is 13.4. The van der Waals surface area contributed by atoms with E-state index in [2.05, 4.69) is 16.0 Å². The lowest BCUT2D eigenvalue weighted by atomic mass is 9.95. The fourth-order valence-electron chi connectivity index (χ4n) is 2.76. The van der Waals surface area contributed by atoms with Crippen molar-refractivity contribution in [3.05, 3.63) is 53.6 Å². The summed E-state index contributed by atoms with van der Waals surface area (Å²) in [4.78, 5) is 24.1. The van der Waals surface area contributed by atoms with Gasteiger partial charge in [0.05, 0.1) is 11.3 Å². The minimum Gasteiger partial charge on any atom is -0.348 e. The van der Waals surface area contributed by atoms with E-state index in [1.54, 1.807) is 6.07 Å². The highest BCUT2D eigenvalue weighted by Gasteiger charge is 2.26. The zero-order valence-electron chi connectivity index (χ0n) is 13.1. The van der Waals surface area contributed by atoms with Crippen LogP contribution in [0.1, 0.15) is 29.8 Å². The molecule has 0 saturated heterocycles. The molecule has 0 bridgehead atoms. The van der Waals surface area contributed by atoms with Crippen LogP contribution in [0, 0.1) is 0 Å². The molecule has 3 N–H and O–H groups in total. The molecule has 0 atom stereocenters. The molecule has 5 heteroatoms. The summed E-state index contributed by atoms with van der Waals surface area (Å²) in [7, 11) is 0. The maximum atomic E-state index is 12.2. The summed E-state index contributed by atoms with van der Waals surface area (Å²) in [6.45, 7) is 4.24. The zero-order valence-corrected chi connectivity index (χ0v) is 13.1. The Morgan fingerprint density at radius 2 is 1.87 bits per heavy atom. The number of hydrogen-bond acceptors (Lipinski definition) is 2. The lowest BCUT2D eigenvalue weighted by molar-refractivity contribution is 0.0966. The van der Waals surface area contributed by atoms with Crippen molar-refractivity contribution in [3.8, 4) is 11.1 Å². The molecule has 5 nitrogen and oxygen atoms in total. The van der Waals surface area contributed by atoms with E-state index in [1.165, 1.54) is 0 Å². The summed E-state index contributed by atoms with van der Waals surface area (Å²) in [5.74, 6) is -0.155. The molecule has 23 heavy (non-hydrogen) atoms. The highest BCUT2D eigenvalue weighted by molar-refractivity contribution is 6.08. The van der Waals surface area contributed by atoms with E-state index in [-0.39, 0.29) is 18.0 Å². The van der Waals surface area contributed by atoms with E-state index in [4.69, 9.17) is 0 Å². The molecule has 1 aliphatic rings. The Hall–Kier alpha value is -2.82. The summed E-state index contributed by atoms with van der Waals surface area (Å²) in [5, 5.41) is 8.37. The Kier molecular flexibility index (Phi) is 4.02. The van der Waals surface area contributed by atoms with E-state index in [9.17, 15) is 9.59 Å². The topological polar surface area (TPSA) is 70.2 Å². The zero-order chi connectivity index (χ0) is 16.4. The van der Waals surface area contributed by atoms with Crippen molar-refractivity contribution in [2.45, 2.75) is 26.4 Å². The Balaban J connectivity index is 2.00. The Labute approximate surface area is 135 Å². The van der Waals surface area contributed by atoms with Crippen LogP contribution in [-0.4, -0.2) is 18.0 Å². The second kappa shape index (κ2) is 6.12. The monoisotopic (exact) mass is 309 g/mol. The largest absolute Gasteiger partial charge is 0.348 e. The van der Waals surface area contributed by atoms with Crippen LogP contribution >= 0.6 is 0 Å². The molecule has 0 aliphatic carbocycles. The van der Waals surface area contributed by atoms with Crippen LogP contribution < -0.4 is 16.0 Å². The molecule has 0 unspecified atom stereocenters. The third-order valence-corrected chi connectivity index (χ3v) is 3.72. The fraction of sp³-hybridized carbons (Fsp3) is 0.222. The number of fused-ring (bicyclic) bond motifs is 1. The van der Waals surface area contributed by atoms with Crippen molar-refractivity contribution >= 4 is 17.6 Å². The molecule has 0 spiro atoms. The summed E-state index contributed by atoms with van der Waals surface area (Å²) in [5.41, 5.74) is 4.06. The van der Waals surface area contributed by atoms with Gasteiger partial charge in [0.15, 0.2) is 0 Å². The predicted molar refractivity (Wildman–Crippen MR) is 90.3 cm³/mol. The minimum absolute atomic E-state index is 0.0282. The number of hydrogen-bond donors (Lipinski definition) is 3. The smallest absolute Gasteiger partial charge is 0.319 e. The van der Waals surface area contributed by atoms with Gasteiger partial charge >= 0.3 is 6.03 Å². The van der Waals surface area contributed by atoms with Gasteiger partial charge in [-0.3, -0.25) is 4.79 Å². The average Bonchev–Trinajstić information content (AvgIpc) is 2.90. The lowest BCUT2D eigenvalue weighted by Gasteiger charge is -2.14. The molecule has 1 aliphatic heterocycles. The van der Waals surface area contributed by atoms with Crippen molar-refractivity contribution in [1.29, 1.82) is 0 Å². The van der Waals surface area contributed by atoms with Crippen LogP contribution in [-0.2, 0) is 6.54 Å². The SMILES string of the molecule is CC(C)NC(=O)Nc1ccc(-c2ccccc2)c2c1C(=O)NC2. The average molecular weight is 309 g/mol. The quantitative estimate of drug-likeness (QED) is 0.815. The van der Waals surface area contributed by atoms with Crippen molar-refractivity contribution < 1.29 is 9.59 Å². The highest BCUT2D eigenvalue weighted by Crippen LogP contribution is 2.33. The van der Waals surface area contributed by atoms with Gasteiger partial charge in [-0.2, -0.15) is 0 Å². The van der Waals surface area contributed by atoms with Crippen molar-refractivity contribution in [2.24, 2.45) is 0 Å². The Bertz CT molecular complexity index is 754. The van der Waals surface area contributed by atoms with Crippen LogP contribution in [0.3, 0.4) is 0 Å². The van der Waals surface area contributed by atoms with Gasteiger partial charge in [0.2, 0.25) is 0 Å². The van der Waals surface area contributed by atoms with Gasteiger partial charge in [-0.1, -0.05) is 36.4 Å². The van der Waals surface area contributed by atoms with E-state index < -0.39 is 0 Å². The van der Waals surface area contributed by atoms with Crippen LogP contribution in [0.4, 0.5) is 10.5 Å². The van der Waals surface area contributed by atoms with E-state index in [0.29, 0.717) is 17.8 Å². The lowest BCUT2D eigenvalue weighted by Crippen LogP contribution is -2.34. The number of benzene rings is 2. The normalized spacial score (nSPS) is 12.7. The second-order valence-corrected chi connectivity index (χ2v) is 5.82. The number of carbonyl (C=O) groups excluding carboxylic acids is 2. The Morgan fingerprint density at radius 3 is 2.57 bits per heavy atom.